The molecule has 0 radical (unpaired) electrons. The number of nitrogens with one attached hydrogen (secondary N) is 1. The largest absolute Gasteiger partial charge is 0.480 e. The maximum atomic E-state index is 11.7. The van der Waals surface area contributed by atoms with Gasteiger partial charge in [-0.05, 0) is 6.42 Å². The average Bonchev–Trinajstić information content (AvgIpc) is 2.63. The molecular formula is C10H14N2O5S. The fraction of sp³-hybridized carbons (Fsp3) is 0.600. The topological polar surface area (TPSA) is 104 Å². The summed E-state index contributed by atoms with van der Waals surface area (Å²) < 4.78 is 22.7. The first-order chi connectivity index (χ1) is 8.35. The number of carboxylic acid groups (broad SMARTS) is 1. The lowest BCUT2D eigenvalue weighted by molar-refractivity contribution is -0.138. The molecule has 0 saturated carbocycles. The lowest BCUT2D eigenvalue weighted by Crippen LogP contribution is -2.49. The van der Waals surface area contributed by atoms with E-state index < -0.39 is 34.4 Å². The molecule has 7 nitrogen and oxygen atoms in total. The Labute approximate surface area is 105 Å². The lowest BCUT2D eigenvalue weighted by atomic mass is 10.2. The third-order valence-corrected chi connectivity index (χ3v) is 4.31. The predicted molar refractivity (Wildman–Crippen MR) is 63.6 cm³/mol. The zero-order valence-electron chi connectivity index (χ0n) is 9.63. The van der Waals surface area contributed by atoms with Gasteiger partial charge < -0.3 is 15.3 Å². The van der Waals surface area contributed by atoms with Crippen LogP contribution in [0.15, 0.2) is 0 Å². The van der Waals surface area contributed by atoms with Crippen molar-refractivity contribution in [3.05, 3.63) is 0 Å². The summed E-state index contributed by atoms with van der Waals surface area (Å²) in [7, 11) is -3.19. The maximum Gasteiger partial charge on any atom is 0.323 e. The lowest BCUT2D eigenvalue weighted by Gasteiger charge is -2.26. The van der Waals surface area contributed by atoms with Crippen LogP contribution in [0.3, 0.4) is 0 Å². The number of carbonyl (C=O) groups excluding carboxylic acids is 1. The summed E-state index contributed by atoms with van der Waals surface area (Å²) >= 11 is 0. The minimum atomic E-state index is -3.19. The normalized spacial score (nSPS) is 20.9. The Bertz CT molecular complexity index is 479. The van der Waals surface area contributed by atoms with Gasteiger partial charge in [0.2, 0.25) is 0 Å². The van der Waals surface area contributed by atoms with E-state index in [9.17, 15) is 18.0 Å². The SMILES string of the molecule is C#CCNC(=O)N(CC(=O)O)C1CCS(=O)(=O)C1. The maximum absolute atomic E-state index is 11.7. The van der Waals surface area contributed by atoms with Crippen molar-refractivity contribution in [3.8, 4) is 12.3 Å². The van der Waals surface area contributed by atoms with E-state index in [1.165, 1.54) is 0 Å². The van der Waals surface area contributed by atoms with E-state index in [1.54, 1.807) is 0 Å². The molecule has 1 aliphatic heterocycles. The zero-order chi connectivity index (χ0) is 13.8. The van der Waals surface area contributed by atoms with E-state index in [4.69, 9.17) is 11.5 Å². The standard InChI is InChI=1S/C10H14N2O5S/c1-2-4-11-10(15)12(6-9(13)14)8-3-5-18(16,17)7-8/h1,8H,3-7H2,(H,11,15)(H,13,14). The van der Waals surface area contributed by atoms with Crippen molar-refractivity contribution in [1.82, 2.24) is 10.2 Å². The fourth-order valence-electron chi connectivity index (χ4n) is 1.76. The van der Waals surface area contributed by atoms with Gasteiger partial charge in [-0.25, -0.2) is 13.2 Å². The second-order valence-corrected chi connectivity index (χ2v) is 6.17. The molecule has 2 N–H and O–H groups in total. The molecule has 0 spiro atoms. The van der Waals surface area contributed by atoms with Crippen molar-refractivity contribution in [3.63, 3.8) is 0 Å². The number of sulfone groups is 1. The summed E-state index contributed by atoms with van der Waals surface area (Å²) in [5.74, 6) is 0.754. The molecule has 0 aromatic rings. The molecule has 0 aliphatic carbocycles. The molecule has 100 valence electrons. The zero-order valence-corrected chi connectivity index (χ0v) is 10.4. The third kappa shape index (κ3) is 3.92. The Hall–Kier alpha value is -1.75. The first kappa shape index (κ1) is 14.3. The molecule has 2 amide bonds. The second-order valence-electron chi connectivity index (χ2n) is 3.94. The quantitative estimate of drug-likeness (QED) is 0.633. The summed E-state index contributed by atoms with van der Waals surface area (Å²) in [5.41, 5.74) is 0. The molecule has 1 heterocycles. The molecular weight excluding hydrogens is 260 g/mol. The molecule has 1 atom stereocenters. The molecule has 1 unspecified atom stereocenters. The van der Waals surface area contributed by atoms with Gasteiger partial charge in [0, 0.05) is 6.04 Å². The van der Waals surface area contributed by atoms with Crippen LogP contribution in [0.25, 0.3) is 0 Å². The van der Waals surface area contributed by atoms with Crippen molar-refractivity contribution in [2.24, 2.45) is 0 Å². The first-order valence-corrected chi connectivity index (χ1v) is 7.08. The predicted octanol–water partition coefficient (Wildman–Crippen LogP) is -1.10. The molecule has 18 heavy (non-hydrogen) atoms. The molecule has 1 fully saturated rings. The van der Waals surface area contributed by atoms with Crippen LogP contribution in [0.1, 0.15) is 6.42 Å². The van der Waals surface area contributed by atoms with Crippen LogP contribution in [0.4, 0.5) is 4.79 Å². The van der Waals surface area contributed by atoms with E-state index in [0.717, 1.165) is 4.90 Å². The van der Waals surface area contributed by atoms with Gasteiger partial charge in [0.05, 0.1) is 18.1 Å². The summed E-state index contributed by atoms with van der Waals surface area (Å²) in [6.07, 6.45) is 5.23. The highest BCUT2D eigenvalue weighted by Crippen LogP contribution is 2.17. The van der Waals surface area contributed by atoms with Gasteiger partial charge in [-0.2, -0.15) is 0 Å². The fourth-order valence-corrected chi connectivity index (χ4v) is 3.49. The van der Waals surface area contributed by atoms with E-state index >= 15 is 0 Å². The number of hydrogen-bond donors (Lipinski definition) is 2. The Kier molecular flexibility index (Phi) is 4.55. The number of hydrogen-bond acceptors (Lipinski definition) is 4. The summed E-state index contributed by atoms with van der Waals surface area (Å²) in [6, 6.07) is -1.26. The molecule has 0 aromatic carbocycles. The van der Waals surface area contributed by atoms with E-state index in [-0.39, 0.29) is 24.5 Å². The first-order valence-electron chi connectivity index (χ1n) is 5.26. The highest BCUT2D eigenvalue weighted by Gasteiger charge is 2.35. The number of terminal acetylenes is 1. The number of carboxylic acids is 1. The van der Waals surface area contributed by atoms with Crippen molar-refractivity contribution in [2.75, 3.05) is 24.6 Å². The number of amides is 2. The van der Waals surface area contributed by atoms with Crippen molar-refractivity contribution in [1.29, 1.82) is 0 Å². The van der Waals surface area contributed by atoms with Crippen LogP contribution < -0.4 is 5.32 Å². The van der Waals surface area contributed by atoms with Gasteiger partial charge in [-0.1, -0.05) is 5.92 Å². The Morgan fingerprint density at radius 3 is 2.61 bits per heavy atom. The molecule has 1 aliphatic rings. The Morgan fingerprint density at radius 2 is 2.17 bits per heavy atom. The highest BCUT2D eigenvalue weighted by molar-refractivity contribution is 7.91. The number of rotatable bonds is 4. The Morgan fingerprint density at radius 1 is 1.50 bits per heavy atom. The number of urea groups is 1. The van der Waals surface area contributed by atoms with Crippen LogP contribution in [0.2, 0.25) is 0 Å². The molecule has 8 heteroatoms. The number of carbonyl (C=O) groups is 2. The van der Waals surface area contributed by atoms with Crippen molar-refractivity contribution < 1.29 is 23.1 Å². The van der Waals surface area contributed by atoms with Crippen LogP contribution in [-0.4, -0.2) is 61.1 Å². The monoisotopic (exact) mass is 274 g/mol. The van der Waals surface area contributed by atoms with Gasteiger partial charge in [-0.3, -0.25) is 4.79 Å². The second kappa shape index (κ2) is 5.73. The molecule has 0 bridgehead atoms. The minimum Gasteiger partial charge on any atom is -0.480 e. The third-order valence-electron chi connectivity index (χ3n) is 2.56. The van der Waals surface area contributed by atoms with Gasteiger partial charge in [0.25, 0.3) is 0 Å². The summed E-state index contributed by atoms with van der Waals surface area (Å²) in [4.78, 5) is 23.4. The van der Waals surface area contributed by atoms with Gasteiger partial charge in [-0.15, -0.1) is 6.42 Å². The summed E-state index contributed by atoms with van der Waals surface area (Å²) in [5, 5.41) is 11.1. The van der Waals surface area contributed by atoms with Gasteiger partial charge in [0.15, 0.2) is 9.84 Å². The van der Waals surface area contributed by atoms with E-state index in [0.29, 0.717) is 0 Å². The number of aliphatic carboxylic acids is 1. The smallest absolute Gasteiger partial charge is 0.323 e. The van der Waals surface area contributed by atoms with Gasteiger partial charge in [0.1, 0.15) is 6.54 Å². The van der Waals surface area contributed by atoms with Crippen LogP contribution in [0.5, 0.6) is 0 Å². The van der Waals surface area contributed by atoms with Gasteiger partial charge >= 0.3 is 12.0 Å². The van der Waals surface area contributed by atoms with Crippen molar-refractivity contribution >= 4 is 21.8 Å². The average molecular weight is 274 g/mol. The van der Waals surface area contributed by atoms with E-state index in [2.05, 4.69) is 11.2 Å². The van der Waals surface area contributed by atoms with Crippen LogP contribution in [0, 0.1) is 12.3 Å². The number of nitrogens with zero attached hydrogens (tertiary/aromatic N) is 1. The van der Waals surface area contributed by atoms with Crippen LogP contribution in [-0.2, 0) is 14.6 Å². The molecule has 1 saturated heterocycles. The molecule has 1 rings (SSSR count). The van der Waals surface area contributed by atoms with E-state index in [1.807, 2.05) is 0 Å². The Balaban J connectivity index is 2.76. The van der Waals surface area contributed by atoms with Crippen LogP contribution >= 0.6 is 0 Å². The van der Waals surface area contributed by atoms with Crippen molar-refractivity contribution in [2.45, 2.75) is 12.5 Å². The minimum absolute atomic E-state index is 0.0315. The summed E-state index contributed by atoms with van der Waals surface area (Å²) in [6.45, 7) is -0.578. The molecule has 0 aromatic heterocycles. The highest BCUT2D eigenvalue weighted by atomic mass is 32.2.